The average Bonchev–Trinajstić information content (AvgIpc) is 2.53. The largest absolute Gasteiger partial charge is 0.506 e. The number of amides is 1. The lowest BCUT2D eigenvalue weighted by Crippen LogP contribution is -2.14. The molecule has 0 unspecified atom stereocenters. The van der Waals surface area contributed by atoms with Crippen LogP contribution in [0.3, 0.4) is 0 Å². The van der Waals surface area contributed by atoms with Gasteiger partial charge in [-0.25, -0.2) is 0 Å². The van der Waals surface area contributed by atoms with Crippen molar-refractivity contribution in [3.63, 3.8) is 0 Å². The highest BCUT2D eigenvalue weighted by Gasteiger charge is 2.10. The van der Waals surface area contributed by atoms with Crippen molar-refractivity contribution in [1.82, 2.24) is 0 Å². The first-order valence-electron chi connectivity index (χ1n) is 6.42. The Morgan fingerprint density at radius 2 is 1.91 bits per heavy atom. The number of para-hydroxylation sites is 2. The first kappa shape index (κ1) is 16.7. The summed E-state index contributed by atoms with van der Waals surface area (Å²) < 4.78 is 0. The average molecular weight is 348 g/mol. The number of nitrogens with one attached hydrogen (secondary N) is 2. The fourth-order valence-electron chi connectivity index (χ4n) is 1.67. The van der Waals surface area contributed by atoms with Crippen LogP contribution in [-0.2, 0) is 4.79 Å². The van der Waals surface area contributed by atoms with E-state index in [1.165, 1.54) is 24.4 Å². The highest BCUT2D eigenvalue weighted by molar-refractivity contribution is 6.42. The van der Waals surface area contributed by atoms with E-state index in [4.69, 9.17) is 28.5 Å². The summed E-state index contributed by atoms with van der Waals surface area (Å²) in [6.07, 6.45) is 1.21. The number of hydrogen-bond donors (Lipinski definition) is 3. The molecule has 0 aliphatic heterocycles. The molecule has 0 spiro atoms. The van der Waals surface area contributed by atoms with Gasteiger partial charge in [0.15, 0.2) is 0 Å². The zero-order chi connectivity index (χ0) is 16.8. The molecule has 1 amide bonds. The smallest absolute Gasteiger partial charge is 0.267 e. The van der Waals surface area contributed by atoms with Crippen molar-refractivity contribution in [2.24, 2.45) is 0 Å². The maximum absolute atomic E-state index is 12.1. The Bertz CT molecular complexity index is 813. The Labute approximate surface area is 142 Å². The third-order valence-corrected chi connectivity index (χ3v) is 3.56. The van der Waals surface area contributed by atoms with Gasteiger partial charge in [0.2, 0.25) is 0 Å². The highest BCUT2D eigenvalue weighted by atomic mass is 35.5. The number of hydrogen-bond acceptors (Lipinski definition) is 4. The molecule has 7 heteroatoms. The normalized spacial score (nSPS) is 10.7. The van der Waals surface area contributed by atoms with E-state index in [2.05, 4.69) is 10.6 Å². The minimum atomic E-state index is -0.617. The molecule has 0 fully saturated rings. The van der Waals surface area contributed by atoms with E-state index in [1.807, 2.05) is 0 Å². The maximum atomic E-state index is 12.1. The standard InChI is InChI=1S/C16H11Cl2N3O2/c17-12-6-5-11(7-13(12)18)21-16(23)10(8-19)9-20-14-3-1-2-4-15(14)22/h1-7,9,20,22H,(H,21,23)/b10-9-. The van der Waals surface area contributed by atoms with Crippen molar-refractivity contribution in [1.29, 1.82) is 5.26 Å². The van der Waals surface area contributed by atoms with Crippen LogP contribution in [0.25, 0.3) is 0 Å². The molecule has 0 aromatic heterocycles. The number of halogens is 2. The summed E-state index contributed by atoms with van der Waals surface area (Å²) in [6, 6.07) is 12.8. The van der Waals surface area contributed by atoms with E-state index in [-0.39, 0.29) is 11.3 Å². The van der Waals surface area contributed by atoms with Crippen molar-refractivity contribution in [3.8, 4) is 11.8 Å². The summed E-state index contributed by atoms with van der Waals surface area (Å²) in [5.74, 6) is -0.611. The lowest BCUT2D eigenvalue weighted by Gasteiger charge is -2.07. The summed E-state index contributed by atoms with van der Waals surface area (Å²) >= 11 is 11.7. The molecular weight excluding hydrogens is 337 g/mol. The molecule has 0 saturated carbocycles. The lowest BCUT2D eigenvalue weighted by atomic mass is 10.2. The van der Waals surface area contributed by atoms with Gasteiger partial charge in [-0.2, -0.15) is 5.26 Å². The van der Waals surface area contributed by atoms with Crippen LogP contribution in [0.1, 0.15) is 0 Å². The molecule has 0 aliphatic rings. The van der Waals surface area contributed by atoms with Crippen LogP contribution in [0.2, 0.25) is 10.0 Å². The van der Waals surface area contributed by atoms with Gasteiger partial charge in [-0.1, -0.05) is 35.3 Å². The summed E-state index contributed by atoms with van der Waals surface area (Å²) in [5.41, 5.74) is 0.620. The second kappa shape index (κ2) is 7.54. The predicted molar refractivity (Wildman–Crippen MR) is 90.5 cm³/mol. The van der Waals surface area contributed by atoms with E-state index in [0.29, 0.717) is 21.4 Å². The Kier molecular flexibility index (Phi) is 5.47. The van der Waals surface area contributed by atoms with Gasteiger partial charge in [-0.15, -0.1) is 0 Å². The summed E-state index contributed by atoms with van der Waals surface area (Å²) in [6.45, 7) is 0. The van der Waals surface area contributed by atoms with Gasteiger partial charge in [0, 0.05) is 11.9 Å². The SMILES string of the molecule is N#C/C(=C/Nc1ccccc1O)C(=O)Nc1ccc(Cl)c(Cl)c1. The zero-order valence-corrected chi connectivity index (χ0v) is 13.2. The molecule has 0 saturated heterocycles. The fourth-order valence-corrected chi connectivity index (χ4v) is 1.96. The monoisotopic (exact) mass is 347 g/mol. The number of anilines is 2. The molecular formula is C16H11Cl2N3O2. The van der Waals surface area contributed by atoms with Gasteiger partial charge in [0.05, 0.1) is 15.7 Å². The van der Waals surface area contributed by atoms with Crippen LogP contribution in [-0.4, -0.2) is 11.0 Å². The number of benzene rings is 2. The van der Waals surface area contributed by atoms with E-state index in [0.717, 1.165) is 0 Å². The lowest BCUT2D eigenvalue weighted by molar-refractivity contribution is -0.112. The molecule has 2 aromatic carbocycles. The van der Waals surface area contributed by atoms with E-state index >= 15 is 0 Å². The minimum Gasteiger partial charge on any atom is -0.506 e. The Morgan fingerprint density at radius 3 is 2.57 bits per heavy atom. The van der Waals surface area contributed by atoms with Gasteiger partial charge < -0.3 is 15.7 Å². The number of carbonyl (C=O) groups is 1. The Balaban J connectivity index is 2.12. The molecule has 0 heterocycles. The summed E-state index contributed by atoms with van der Waals surface area (Å²) in [5, 5.41) is 24.6. The van der Waals surface area contributed by atoms with Crippen molar-refractivity contribution in [3.05, 3.63) is 64.3 Å². The van der Waals surface area contributed by atoms with Crippen LogP contribution in [0.5, 0.6) is 5.75 Å². The summed E-state index contributed by atoms with van der Waals surface area (Å²) in [7, 11) is 0. The molecule has 2 rings (SSSR count). The van der Waals surface area contributed by atoms with Crippen molar-refractivity contribution in [2.75, 3.05) is 10.6 Å². The van der Waals surface area contributed by atoms with Crippen LogP contribution in [0.4, 0.5) is 11.4 Å². The number of nitrogens with zero attached hydrogens (tertiary/aromatic N) is 1. The first-order chi connectivity index (χ1) is 11.0. The Morgan fingerprint density at radius 1 is 1.17 bits per heavy atom. The molecule has 0 aliphatic carbocycles. The summed E-state index contributed by atoms with van der Waals surface area (Å²) in [4.78, 5) is 12.1. The number of aromatic hydroxyl groups is 1. The molecule has 3 N–H and O–H groups in total. The highest BCUT2D eigenvalue weighted by Crippen LogP contribution is 2.25. The first-order valence-corrected chi connectivity index (χ1v) is 7.18. The predicted octanol–water partition coefficient (Wildman–Crippen LogP) is 4.16. The number of phenols is 1. The Hall–Kier alpha value is -2.68. The molecule has 0 radical (unpaired) electrons. The zero-order valence-electron chi connectivity index (χ0n) is 11.7. The van der Waals surface area contributed by atoms with Crippen LogP contribution in [0, 0.1) is 11.3 Å². The third-order valence-electron chi connectivity index (χ3n) is 2.82. The second-order valence-electron chi connectivity index (χ2n) is 4.41. The van der Waals surface area contributed by atoms with E-state index in [1.54, 1.807) is 30.3 Å². The number of carbonyl (C=O) groups excluding carboxylic acids is 1. The molecule has 23 heavy (non-hydrogen) atoms. The van der Waals surface area contributed by atoms with Crippen molar-refractivity contribution < 1.29 is 9.90 Å². The topological polar surface area (TPSA) is 85.2 Å². The number of phenolic OH excluding ortho intramolecular Hbond substituents is 1. The molecule has 2 aromatic rings. The fraction of sp³-hybridized carbons (Fsp3) is 0. The minimum absolute atomic E-state index is 0.00549. The molecule has 5 nitrogen and oxygen atoms in total. The van der Waals surface area contributed by atoms with Crippen molar-refractivity contribution >= 4 is 40.5 Å². The van der Waals surface area contributed by atoms with E-state index in [9.17, 15) is 9.90 Å². The van der Waals surface area contributed by atoms with Gasteiger partial charge in [0.25, 0.3) is 5.91 Å². The van der Waals surface area contributed by atoms with Gasteiger partial charge in [-0.3, -0.25) is 4.79 Å². The maximum Gasteiger partial charge on any atom is 0.267 e. The number of rotatable bonds is 4. The second-order valence-corrected chi connectivity index (χ2v) is 5.23. The van der Waals surface area contributed by atoms with Gasteiger partial charge in [-0.05, 0) is 30.3 Å². The van der Waals surface area contributed by atoms with Gasteiger partial charge >= 0.3 is 0 Å². The van der Waals surface area contributed by atoms with Gasteiger partial charge in [0.1, 0.15) is 17.4 Å². The van der Waals surface area contributed by atoms with Crippen LogP contribution < -0.4 is 10.6 Å². The third kappa shape index (κ3) is 4.39. The van der Waals surface area contributed by atoms with E-state index < -0.39 is 5.91 Å². The van der Waals surface area contributed by atoms with Crippen LogP contribution >= 0.6 is 23.2 Å². The molecule has 0 bridgehead atoms. The molecule has 0 atom stereocenters. The van der Waals surface area contributed by atoms with Crippen molar-refractivity contribution in [2.45, 2.75) is 0 Å². The molecule has 116 valence electrons. The quantitative estimate of drug-likeness (QED) is 0.440. The van der Waals surface area contributed by atoms with Crippen LogP contribution in [0.15, 0.2) is 54.2 Å². The number of nitriles is 1.